The number of benzene rings is 1. The molecule has 0 bridgehead atoms. The summed E-state index contributed by atoms with van der Waals surface area (Å²) < 4.78 is 15.8. The summed E-state index contributed by atoms with van der Waals surface area (Å²) in [6.07, 6.45) is 5.40. The predicted molar refractivity (Wildman–Crippen MR) is 123 cm³/mol. The van der Waals surface area contributed by atoms with Crippen molar-refractivity contribution >= 4 is 62.5 Å². The van der Waals surface area contributed by atoms with Crippen molar-refractivity contribution in [3.63, 3.8) is 0 Å². The Hall–Kier alpha value is -2.21. The third-order valence-corrected chi connectivity index (χ3v) is 6.89. The lowest BCUT2D eigenvalue weighted by molar-refractivity contribution is 0.588. The van der Waals surface area contributed by atoms with Crippen LogP contribution in [0.1, 0.15) is 0 Å². The fraction of sp³-hybridized carbons (Fsp3) is 0.150. The number of hydrogen-bond acceptors (Lipinski definition) is 5. The number of fused-ring (bicyclic) bond motifs is 1. The van der Waals surface area contributed by atoms with E-state index in [1.165, 1.54) is 0 Å². The minimum Gasteiger partial charge on any atom is -0.349 e. The van der Waals surface area contributed by atoms with Crippen LogP contribution in [0.25, 0.3) is 22.2 Å². The Labute approximate surface area is 181 Å². The van der Waals surface area contributed by atoms with Gasteiger partial charge < -0.3 is 14.4 Å². The minimum atomic E-state index is -2.60. The highest BCUT2D eigenvalue weighted by Gasteiger charge is 2.20. The molecule has 4 rings (SSSR count). The summed E-state index contributed by atoms with van der Waals surface area (Å²) in [5.74, 6) is 0.513. The average molecular weight is 491 g/mol. The maximum Gasteiger partial charge on any atom is 0.224 e. The lowest BCUT2D eigenvalue weighted by atomic mass is 10.1. The zero-order chi connectivity index (χ0) is 20.8. The van der Waals surface area contributed by atoms with E-state index in [9.17, 15) is 4.57 Å². The van der Waals surface area contributed by atoms with Crippen molar-refractivity contribution in [1.29, 1.82) is 0 Å². The van der Waals surface area contributed by atoms with Crippen LogP contribution in [0.2, 0.25) is 5.28 Å². The first-order chi connectivity index (χ1) is 13.7. The first kappa shape index (κ1) is 20.1. The standard InChI is InChI=1S/C20H18BrClN5OP/c1-27-11-13(18-16(27)5-4-8-23-18)12-6-7-15(17(9-12)29(2,3)28)25-19-14(21)10-24-20(22)26-19/h4-11H,1-3H3,(H,24,25,26). The second-order valence-corrected chi connectivity index (χ2v) is 11.4. The van der Waals surface area contributed by atoms with E-state index in [0.29, 0.717) is 16.0 Å². The summed E-state index contributed by atoms with van der Waals surface area (Å²) in [5, 5.41) is 4.09. The Bertz CT molecular complexity index is 1280. The molecule has 3 aromatic heterocycles. The molecule has 0 atom stereocenters. The van der Waals surface area contributed by atoms with Crippen LogP contribution in [0.4, 0.5) is 11.5 Å². The first-order valence-corrected chi connectivity index (χ1v) is 12.6. The summed E-state index contributed by atoms with van der Waals surface area (Å²) in [7, 11) is -0.611. The zero-order valence-corrected chi connectivity index (χ0v) is 19.3. The van der Waals surface area contributed by atoms with E-state index in [0.717, 1.165) is 27.5 Å². The first-order valence-electron chi connectivity index (χ1n) is 8.79. The van der Waals surface area contributed by atoms with Gasteiger partial charge in [0.2, 0.25) is 5.28 Å². The fourth-order valence-corrected chi connectivity index (χ4v) is 4.82. The number of rotatable bonds is 4. The smallest absolute Gasteiger partial charge is 0.224 e. The normalized spacial score (nSPS) is 11.8. The van der Waals surface area contributed by atoms with Gasteiger partial charge in [-0.15, -0.1) is 0 Å². The van der Waals surface area contributed by atoms with E-state index in [1.807, 2.05) is 48.1 Å². The zero-order valence-electron chi connectivity index (χ0n) is 16.0. The molecule has 148 valence electrons. The van der Waals surface area contributed by atoms with E-state index < -0.39 is 7.14 Å². The van der Waals surface area contributed by atoms with Gasteiger partial charge >= 0.3 is 0 Å². The van der Waals surface area contributed by atoms with Gasteiger partial charge in [-0.3, -0.25) is 4.98 Å². The molecule has 1 N–H and O–H groups in total. The van der Waals surface area contributed by atoms with E-state index in [2.05, 4.69) is 36.2 Å². The molecule has 29 heavy (non-hydrogen) atoms. The van der Waals surface area contributed by atoms with E-state index in [-0.39, 0.29) is 5.28 Å². The number of aromatic nitrogens is 4. The van der Waals surface area contributed by atoms with Crippen LogP contribution >= 0.6 is 34.7 Å². The summed E-state index contributed by atoms with van der Waals surface area (Å²) in [6, 6.07) is 9.81. The Morgan fingerprint density at radius 1 is 1.21 bits per heavy atom. The van der Waals surface area contributed by atoms with E-state index >= 15 is 0 Å². The molecule has 9 heteroatoms. The number of halogens is 2. The van der Waals surface area contributed by atoms with Gasteiger partial charge in [-0.1, -0.05) is 6.07 Å². The highest BCUT2D eigenvalue weighted by Crippen LogP contribution is 2.41. The van der Waals surface area contributed by atoms with Crippen molar-refractivity contribution in [2.75, 3.05) is 18.6 Å². The molecule has 0 unspecified atom stereocenters. The van der Waals surface area contributed by atoms with Crippen LogP contribution in [0.3, 0.4) is 0 Å². The van der Waals surface area contributed by atoms with Gasteiger partial charge in [-0.25, -0.2) is 4.98 Å². The topological polar surface area (TPSA) is 72.7 Å². The number of pyridine rings is 1. The highest BCUT2D eigenvalue weighted by molar-refractivity contribution is 9.10. The van der Waals surface area contributed by atoms with E-state index in [1.54, 1.807) is 25.7 Å². The summed E-state index contributed by atoms with van der Waals surface area (Å²) in [4.78, 5) is 12.7. The molecule has 6 nitrogen and oxygen atoms in total. The van der Waals surface area contributed by atoms with Gasteiger partial charge in [0.1, 0.15) is 13.0 Å². The molecule has 0 aliphatic carbocycles. The van der Waals surface area contributed by atoms with Crippen molar-refractivity contribution in [3.8, 4) is 11.1 Å². The molecule has 0 radical (unpaired) electrons. The molecule has 1 aromatic carbocycles. The molecule has 0 fully saturated rings. The van der Waals surface area contributed by atoms with Crippen LogP contribution < -0.4 is 10.6 Å². The fourth-order valence-electron chi connectivity index (χ4n) is 3.24. The van der Waals surface area contributed by atoms with Gasteiger partial charge in [-0.05, 0) is 70.7 Å². The monoisotopic (exact) mass is 489 g/mol. The number of anilines is 2. The Kier molecular flexibility index (Phi) is 5.23. The number of hydrogen-bond donors (Lipinski definition) is 1. The van der Waals surface area contributed by atoms with Gasteiger partial charge in [0.15, 0.2) is 0 Å². The van der Waals surface area contributed by atoms with Crippen molar-refractivity contribution in [2.24, 2.45) is 7.05 Å². The molecular weight excluding hydrogens is 473 g/mol. The molecule has 0 amide bonds. The molecule has 3 heterocycles. The highest BCUT2D eigenvalue weighted by atomic mass is 79.9. The lowest BCUT2D eigenvalue weighted by Crippen LogP contribution is -2.11. The maximum atomic E-state index is 13.1. The minimum absolute atomic E-state index is 0.131. The Morgan fingerprint density at radius 3 is 2.76 bits per heavy atom. The van der Waals surface area contributed by atoms with Gasteiger partial charge in [0.05, 0.1) is 21.2 Å². The van der Waals surface area contributed by atoms with Gasteiger partial charge in [0.25, 0.3) is 0 Å². The average Bonchev–Trinajstić information content (AvgIpc) is 3.01. The van der Waals surface area contributed by atoms with Crippen LogP contribution in [0.5, 0.6) is 0 Å². The molecule has 0 aliphatic rings. The quantitative estimate of drug-likeness (QED) is 0.305. The van der Waals surface area contributed by atoms with Crippen molar-refractivity contribution in [3.05, 3.63) is 58.7 Å². The number of nitrogens with one attached hydrogen (secondary N) is 1. The molecule has 0 aliphatic heterocycles. The molecule has 0 spiro atoms. The molecule has 0 saturated heterocycles. The summed E-state index contributed by atoms with van der Waals surface area (Å²) in [6.45, 7) is 3.50. The summed E-state index contributed by atoms with van der Waals surface area (Å²) >= 11 is 9.35. The largest absolute Gasteiger partial charge is 0.349 e. The maximum absolute atomic E-state index is 13.1. The van der Waals surface area contributed by atoms with Gasteiger partial charge in [-0.2, -0.15) is 4.98 Å². The number of aryl methyl sites for hydroxylation is 1. The predicted octanol–water partition coefficient (Wildman–Crippen LogP) is 5.44. The van der Waals surface area contributed by atoms with Crippen LogP contribution in [0, 0.1) is 0 Å². The van der Waals surface area contributed by atoms with Crippen molar-refractivity contribution in [2.45, 2.75) is 0 Å². The van der Waals surface area contributed by atoms with Crippen molar-refractivity contribution < 1.29 is 4.57 Å². The third kappa shape index (κ3) is 3.95. The molecular formula is C20H18BrClN5OP. The van der Waals surface area contributed by atoms with Gasteiger partial charge in [0, 0.05) is 36.5 Å². The summed E-state index contributed by atoms with van der Waals surface area (Å²) in [5.41, 5.74) is 4.62. The van der Waals surface area contributed by atoms with Crippen LogP contribution in [0.15, 0.2) is 53.4 Å². The van der Waals surface area contributed by atoms with Crippen LogP contribution in [-0.2, 0) is 11.6 Å². The number of nitrogens with zero attached hydrogens (tertiary/aromatic N) is 4. The molecule has 0 saturated carbocycles. The third-order valence-electron chi connectivity index (χ3n) is 4.60. The second-order valence-electron chi connectivity index (χ2n) is 7.07. The Balaban J connectivity index is 1.85. The van der Waals surface area contributed by atoms with E-state index in [4.69, 9.17) is 11.6 Å². The lowest BCUT2D eigenvalue weighted by Gasteiger charge is -2.17. The SMILES string of the molecule is Cn1cc(-c2ccc(Nc3nc(Cl)ncc3Br)c(P(C)(C)=O)c2)c2ncccc21. The second kappa shape index (κ2) is 7.56. The Morgan fingerprint density at radius 2 is 2.00 bits per heavy atom. The molecule has 4 aromatic rings. The van der Waals surface area contributed by atoms with Crippen LogP contribution in [-0.4, -0.2) is 32.8 Å². The van der Waals surface area contributed by atoms with Crippen molar-refractivity contribution in [1.82, 2.24) is 19.5 Å².